The number of hydrogen-bond donors (Lipinski definition) is 4. The van der Waals surface area contributed by atoms with Crippen molar-refractivity contribution in [2.75, 3.05) is 0 Å². The minimum Gasteiger partial charge on any atom is -0.450 e. The molecule has 0 bridgehead atoms. The van der Waals surface area contributed by atoms with Gasteiger partial charge in [0.2, 0.25) is 0 Å². The van der Waals surface area contributed by atoms with Gasteiger partial charge in [0, 0.05) is 0 Å². The molecule has 4 rings (SSSR count). The third kappa shape index (κ3) is 4.27. The van der Waals surface area contributed by atoms with Crippen molar-refractivity contribution in [2.45, 2.75) is 0 Å². The van der Waals surface area contributed by atoms with Crippen molar-refractivity contribution < 1.29 is 15.0 Å². The fourth-order valence-corrected chi connectivity index (χ4v) is 1.58. The van der Waals surface area contributed by atoms with E-state index in [1.54, 1.807) is 0 Å². The van der Waals surface area contributed by atoms with Crippen LogP contribution in [0.2, 0.25) is 0 Å². The molecule has 22 heavy (non-hydrogen) atoms. The number of H-pyrrole nitrogens is 2. The number of carbonyl (C=O) groups is 1. The van der Waals surface area contributed by atoms with Crippen LogP contribution in [0, 0.1) is 0 Å². The van der Waals surface area contributed by atoms with E-state index in [-0.39, 0.29) is 0 Å². The maximum atomic E-state index is 8.56. The normalized spacial score (nSPS) is 9.45. The molecule has 0 aliphatic rings. The van der Waals surface area contributed by atoms with Gasteiger partial charge in [-0.25, -0.2) is 4.79 Å². The number of nitrogens with zero attached hydrogens (tertiary/aromatic N) is 4. The third-order valence-corrected chi connectivity index (χ3v) is 2.46. The lowest BCUT2D eigenvalue weighted by atomic mass is 10.3. The van der Waals surface area contributed by atoms with Crippen molar-refractivity contribution in [1.82, 2.24) is 30.8 Å². The van der Waals surface area contributed by atoms with Gasteiger partial charge in [0.05, 0.1) is 11.0 Å². The molecule has 0 fully saturated rings. The number of rotatable bonds is 0. The number of aromatic nitrogens is 6. The molecular formula is C13H12N6O3. The van der Waals surface area contributed by atoms with E-state index in [0.29, 0.717) is 0 Å². The number of hydrogen-bond acceptors (Lipinski definition) is 5. The van der Waals surface area contributed by atoms with E-state index in [1.165, 1.54) is 0 Å². The quantitative estimate of drug-likeness (QED) is 0.390. The summed E-state index contributed by atoms with van der Waals surface area (Å²) in [6.45, 7) is 0. The second-order valence-corrected chi connectivity index (χ2v) is 3.94. The second-order valence-electron chi connectivity index (χ2n) is 3.94. The molecule has 2 heterocycles. The zero-order chi connectivity index (χ0) is 15.8. The molecule has 0 aliphatic heterocycles. The van der Waals surface area contributed by atoms with Crippen molar-refractivity contribution in [1.29, 1.82) is 0 Å². The van der Waals surface area contributed by atoms with Gasteiger partial charge in [0.15, 0.2) is 0 Å². The summed E-state index contributed by atoms with van der Waals surface area (Å²) in [6, 6.07) is 15.5. The van der Waals surface area contributed by atoms with Gasteiger partial charge in [-0.15, -0.1) is 10.2 Å². The number of benzene rings is 2. The van der Waals surface area contributed by atoms with Gasteiger partial charge in [-0.05, 0) is 24.3 Å². The molecule has 0 saturated carbocycles. The average Bonchev–Trinajstić information content (AvgIpc) is 3.16. The van der Waals surface area contributed by atoms with Crippen LogP contribution in [0.1, 0.15) is 0 Å². The lowest BCUT2D eigenvalue weighted by molar-refractivity contribution is 0.137. The molecule has 4 N–H and O–H groups in total. The maximum absolute atomic E-state index is 8.56. The van der Waals surface area contributed by atoms with E-state index in [1.807, 2.05) is 48.5 Å². The van der Waals surface area contributed by atoms with E-state index >= 15 is 0 Å². The van der Waals surface area contributed by atoms with E-state index < -0.39 is 6.16 Å². The molecule has 2 aromatic heterocycles. The highest BCUT2D eigenvalue weighted by atomic mass is 16.6. The fourth-order valence-electron chi connectivity index (χ4n) is 1.58. The number of nitrogens with one attached hydrogen (secondary N) is 2. The molecule has 0 saturated heterocycles. The van der Waals surface area contributed by atoms with Crippen LogP contribution < -0.4 is 0 Å². The van der Waals surface area contributed by atoms with Gasteiger partial charge in [0.25, 0.3) is 0 Å². The van der Waals surface area contributed by atoms with Crippen LogP contribution in [0.25, 0.3) is 22.1 Å². The van der Waals surface area contributed by atoms with Crippen LogP contribution >= 0.6 is 0 Å². The first-order valence-corrected chi connectivity index (χ1v) is 6.10. The summed E-state index contributed by atoms with van der Waals surface area (Å²) in [7, 11) is 0. The van der Waals surface area contributed by atoms with Gasteiger partial charge in [-0.1, -0.05) is 34.7 Å². The Labute approximate surface area is 123 Å². The number of carboxylic acid groups (broad SMARTS) is 2. The highest BCUT2D eigenvalue weighted by Crippen LogP contribution is 2.04. The lowest BCUT2D eigenvalue weighted by Gasteiger charge is -1.79. The molecule has 9 nitrogen and oxygen atoms in total. The Morgan fingerprint density at radius 1 is 0.773 bits per heavy atom. The first-order valence-electron chi connectivity index (χ1n) is 6.10. The van der Waals surface area contributed by atoms with Gasteiger partial charge >= 0.3 is 6.16 Å². The molecule has 0 amide bonds. The Morgan fingerprint density at radius 3 is 1.50 bits per heavy atom. The summed E-state index contributed by atoms with van der Waals surface area (Å²) < 4.78 is 0. The maximum Gasteiger partial charge on any atom is 0.503 e. The van der Waals surface area contributed by atoms with Gasteiger partial charge in [0.1, 0.15) is 11.0 Å². The summed E-state index contributed by atoms with van der Waals surface area (Å²) in [6.07, 6.45) is -1.83. The van der Waals surface area contributed by atoms with Crippen molar-refractivity contribution in [3.63, 3.8) is 0 Å². The Bertz CT molecular complexity index is 726. The largest absolute Gasteiger partial charge is 0.503 e. The van der Waals surface area contributed by atoms with Crippen molar-refractivity contribution in [2.24, 2.45) is 0 Å². The summed E-state index contributed by atoms with van der Waals surface area (Å²) >= 11 is 0. The van der Waals surface area contributed by atoms with Crippen LogP contribution in [-0.2, 0) is 0 Å². The van der Waals surface area contributed by atoms with Gasteiger partial charge in [-0.3, -0.25) is 10.2 Å². The minimum atomic E-state index is -1.83. The molecule has 0 atom stereocenters. The zero-order valence-corrected chi connectivity index (χ0v) is 11.2. The van der Waals surface area contributed by atoms with Crippen LogP contribution in [0.4, 0.5) is 4.79 Å². The fraction of sp³-hybridized carbons (Fsp3) is 0. The molecule has 4 aromatic rings. The number of para-hydroxylation sites is 2. The van der Waals surface area contributed by atoms with Crippen LogP contribution in [0.15, 0.2) is 48.5 Å². The first kappa shape index (κ1) is 14.9. The summed E-state index contributed by atoms with van der Waals surface area (Å²) in [4.78, 5) is 8.56. The van der Waals surface area contributed by atoms with E-state index in [0.717, 1.165) is 22.1 Å². The Hall–Kier alpha value is -3.49. The molecule has 0 unspecified atom stereocenters. The van der Waals surface area contributed by atoms with Crippen molar-refractivity contribution in [3.05, 3.63) is 48.5 Å². The minimum absolute atomic E-state index is 0.914. The molecular weight excluding hydrogens is 288 g/mol. The van der Waals surface area contributed by atoms with Crippen LogP contribution in [0.3, 0.4) is 0 Å². The highest BCUT2D eigenvalue weighted by Gasteiger charge is 1.90. The lowest BCUT2D eigenvalue weighted by Crippen LogP contribution is -1.81. The number of aromatic amines is 2. The van der Waals surface area contributed by atoms with E-state index in [2.05, 4.69) is 30.8 Å². The Kier molecular flexibility index (Phi) is 4.97. The molecule has 0 aliphatic carbocycles. The highest BCUT2D eigenvalue weighted by molar-refractivity contribution is 5.73. The summed E-state index contributed by atoms with van der Waals surface area (Å²) in [5, 5.41) is 34.3. The predicted octanol–water partition coefficient (Wildman–Crippen LogP) is 2.14. The summed E-state index contributed by atoms with van der Waals surface area (Å²) in [5.74, 6) is 0. The van der Waals surface area contributed by atoms with E-state index in [4.69, 9.17) is 15.0 Å². The monoisotopic (exact) mass is 300 g/mol. The van der Waals surface area contributed by atoms with Crippen molar-refractivity contribution >= 4 is 28.2 Å². The van der Waals surface area contributed by atoms with Gasteiger partial charge < -0.3 is 10.2 Å². The van der Waals surface area contributed by atoms with Crippen LogP contribution in [-0.4, -0.2) is 47.2 Å². The Morgan fingerprint density at radius 2 is 1.14 bits per heavy atom. The smallest absolute Gasteiger partial charge is 0.450 e. The predicted molar refractivity (Wildman–Crippen MR) is 78.4 cm³/mol. The SMILES string of the molecule is O=C(O)O.c1ccc2[nH]nnc2c1.c1ccc2[nH]nnc2c1. The average molecular weight is 300 g/mol. The second kappa shape index (κ2) is 7.33. The molecule has 9 heteroatoms. The first-order chi connectivity index (χ1) is 10.7. The zero-order valence-electron chi connectivity index (χ0n) is 11.2. The number of fused-ring (bicyclic) bond motifs is 2. The Balaban J connectivity index is 0.000000131. The molecule has 0 radical (unpaired) electrons. The molecule has 112 valence electrons. The summed E-state index contributed by atoms with van der Waals surface area (Å²) in [5.41, 5.74) is 3.80. The van der Waals surface area contributed by atoms with E-state index in [9.17, 15) is 0 Å². The van der Waals surface area contributed by atoms with Crippen molar-refractivity contribution in [3.8, 4) is 0 Å². The van der Waals surface area contributed by atoms with Gasteiger partial charge in [-0.2, -0.15) is 0 Å². The molecule has 0 spiro atoms. The third-order valence-electron chi connectivity index (χ3n) is 2.46. The molecule has 2 aromatic carbocycles. The standard InChI is InChI=1S/2C6H5N3.CH2O3/c2*1-2-4-6-5(3-1)7-9-8-6;2-1(3)4/h2*1-4H,(H,7,8,9);(H2,2,3,4). The topological polar surface area (TPSA) is 141 Å². The van der Waals surface area contributed by atoms with Crippen LogP contribution in [0.5, 0.6) is 0 Å².